The van der Waals surface area contributed by atoms with Gasteiger partial charge in [-0.05, 0) is 34.9 Å². The highest BCUT2D eigenvalue weighted by Gasteiger charge is 2.23. The fourth-order valence-electron chi connectivity index (χ4n) is 3.09. The first-order chi connectivity index (χ1) is 11.7. The van der Waals surface area contributed by atoms with Gasteiger partial charge >= 0.3 is 0 Å². The average molecular weight is 344 g/mol. The molecule has 128 valence electrons. The molecular weight excluding hydrogens is 320 g/mol. The third-order valence-corrected chi connectivity index (χ3v) is 5.06. The Bertz CT molecular complexity index is 651. The van der Waals surface area contributed by atoms with E-state index in [2.05, 4.69) is 33.1 Å². The van der Waals surface area contributed by atoms with Gasteiger partial charge in [-0.2, -0.15) is 11.3 Å². The normalized spacial score (nSPS) is 16.7. The number of rotatable bonds is 6. The number of hydrogen-bond acceptors (Lipinski definition) is 4. The summed E-state index contributed by atoms with van der Waals surface area (Å²) < 4.78 is 5.46. The Hall–Kier alpha value is -1.69. The molecule has 4 nitrogen and oxygen atoms in total. The lowest BCUT2D eigenvalue weighted by Gasteiger charge is -2.34. The Balaban J connectivity index is 1.59. The van der Waals surface area contributed by atoms with Crippen LogP contribution in [0.15, 0.2) is 41.1 Å². The van der Waals surface area contributed by atoms with Crippen molar-refractivity contribution in [3.63, 3.8) is 0 Å². The number of morpholine rings is 1. The van der Waals surface area contributed by atoms with E-state index in [4.69, 9.17) is 4.74 Å². The first kappa shape index (κ1) is 17.1. The minimum atomic E-state index is 0.0779. The van der Waals surface area contributed by atoms with Gasteiger partial charge in [-0.1, -0.05) is 29.8 Å². The molecule has 5 heteroatoms. The van der Waals surface area contributed by atoms with Crippen molar-refractivity contribution in [1.82, 2.24) is 10.2 Å². The zero-order chi connectivity index (χ0) is 16.8. The fourth-order valence-corrected chi connectivity index (χ4v) is 3.80. The monoisotopic (exact) mass is 344 g/mol. The molecule has 0 spiro atoms. The van der Waals surface area contributed by atoms with Crippen LogP contribution in [0.25, 0.3) is 0 Å². The molecule has 3 rings (SSSR count). The summed E-state index contributed by atoms with van der Waals surface area (Å²) in [6.45, 7) is 6.03. The predicted molar refractivity (Wildman–Crippen MR) is 97.3 cm³/mol. The van der Waals surface area contributed by atoms with Crippen molar-refractivity contribution in [1.29, 1.82) is 0 Å². The summed E-state index contributed by atoms with van der Waals surface area (Å²) >= 11 is 1.70. The van der Waals surface area contributed by atoms with Gasteiger partial charge in [-0.3, -0.25) is 9.69 Å². The number of thiophene rings is 1. The summed E-state index contributed by atoms with van der Waals surface area (Å²) in [4.78, 5) is 14.7. The largest absolute Gasteiger partial charge is 0.379 e. The van der Waals surface area contributed by atoms with Crippen molar-refractivity contribution in [3.05, 3.63) is 57.8 Å². The molecule has 0 aliphatic carbocycles. The summed E-state index contributed by atoms with van der Waals surface area (Å²) in [5.41, 5.74) is 3.52. The summed E-state index contributed by atoms with van der Waals surface area (Å²) in [6.07, 6.45) is 0.432. The Morgan fingerprint density at radius 3 is 2.88 bits per heavy atom. The molecule has 1 atom stereocenters. The van der Waals surface area contributed by atoms with Crippen molar-refractivity contribution in [2.75, 3.05) is 32.8 Å². The molecule has 1 fully saturated rings. The maximum Gasteiger partial charge on any atom is 0.224 e. The number of nitrogens with one attached hydrogen (secondary N) is 1. The molecule has 1 aliphatic heterocycles. The number of carbonyl (C=O) groups excluding carboxylic acids is 1. The lowest BCUT2D eigenvalue weighted by atomic mass is 10.1. The molecule has 1 saturated heterocycles. The van der Waals surface area contributed by atoms with E-state index in [0.717, 1.165) is 31.9 Å². The number of nitrogens with zero attached hydrogens (tertiary/aromatic N) is 1. The lowest BCUT2D eigenvalue weighted by Crippen LogP contribution is -2.43. The first-order valence-corrected chi connectivity index (χ1v) is 9.33. The number of ether oxygens (including phenoxy) is 1. The standard InChI is InChI=1S/C19H24N2O2S/c1-15-3-2-4-16(11-15)12-19(22)20-13-18(17-5-10-24-14-17)21-6-8-23-9-7-21/h2-5,10-11,14,18H,6-9,12-13H2,1H3,(H,20,22)/t18-/m1/s1. The summed E-state index contributed by atoms with van der Waals surface area (Å²) in [7, 11) is 0. The van der Waals surface area contributed by atoms with E-state index in [1.165, 1.54) is 11.1 Å². The molecule has 0 unspecified atom stereocenters. The van der Waals surface area contributed by atoms with Crippen molar-refractivity contribution in [2.24, 2.45) is 0 Å². The van der Waals surface area contributed by atoms with Gasteiger partial charge in [0.15, 0.2) is 0 Å². The molecule has 24 heavy (non-hydrogen) atoms. The highest BCUT2D eigenvalue weighted by Crippen LogP contribution is 2.23. The molecule has 1 aliphatic rings. The molecule has 0 saturated carbocycles. The van der Waals surface area contributed by atoms with Gasteiger partial charge in [0, 0.05) is 19.6 Å². The van der Waals surface area contributed by atoms with Gasteiger partial charge in [0.25, 0.3) is 0 Å². The van der Waals surface area contributed by atoms with Gasteiger partial charge in [0.1, 0.15) is 0 Å². The van der Waals surface area contributed by atoms with E-state index >= 15 is 0 Å². The van der Waals surface area contributed by atoms with Crippen LogP contribution in [0.3, 0.4) is 0 Å². The third kappa shape index (κ3) is 4.66. The second kappa shape index (κ2) is 8.42. The van der Waals surface area contributed by atoms with Gasteiger partial charge in [0.2, 0.25) is 5.91 Å². The van der Waals surface area contributed by atoms with Crippen LogP contribution in [0.1, 0.15) is 22.7 Å². The van der Waals surface area contributed by atoms with Gasteiger partial charge in [0.05, 0.1) is 25.7 Å². The average Bonchev–Trinajstić information content (AvgIpc) is 3.10. The van der Waals surface area contributed by atoms with E-state index in [1.54, 1.807) is 11.3 Å². The third-order valence-electron chi connectivity index (χ3n) is 4.35. The van der Waals surface area contributed by atoms with E-state index in [1.807, 2.05) is 25.1 Å². The second-order valence-electron chi connectivity index (χ2n) is 6.19. The quantitative estimate of drug-likeness (QED) is 0.876. The zero-order valence-corrected chi connectivity index (χ0v) is 14.8. The Labute approximate surface area is 147 Å². The maximum absolute atomic E-state index is 12.3. The van der Waals surface area contributed by atoms with Crippen molar-refractivity contribution in [3.8, 4) is 0 Å². The van der Waals surface area contributed by atoms with Crippen LogP contribution in [-0.4, -0.2) is 43.7 Å². The van der Waals surface area contributed by atoms with E-state index in [-0.39, 0.29) is 11.9 Å². The number of hydrogen-bond donors (Lipinski definition) is 1. The first-order valence-electron chi connectivity index (χ1n) is 8.38. The van der Waals surface area contributed by atoms with E-state index in [9.17, 15) is 4.79 Å². The molecular formula is C19H24N2O2S. The van der Waals surface area contributed by atoms with Crippen molar-refractivity contribution < 1.29 is 9.53 Å². The van der Waals surface area contributed by atoms with Crippen LogP contribution in [0.2, 0.25) is 0 Å². The summed E-state index contributed by atoms with van der Waals surface area (Å²) in [5, 5.41) is 7.39. The molecule has 2 heterocycles. The minimum absolute atomic E-state index is 0.0779. The van der Waals surface area contributed by atoms with Crippen LogP contribution in [0.4, 0.5) is 0 Å². The summed E-state index contributed by atoms with van der Waals surface area (Å²) in [5.74, 6) is 0.0779. The number of aryl methyl sites for hydroxylation is 1. The molecule has 0 radical (unpaired) electrons. The second-order valence-corrected chi connectivity index (χ2v) is 6.97. The number of carbonyl (C=O) groups is 1. The predicted octanol–water partition coefficient (Wildman–Crippen LogP) is 2.79. The Morgan fingerprint density at radius 2 is 2.17 bits per heavy atom. The Kier molecular flexibility index (Phi) is 6.01. The van der Waals surface area contributed by atoms with E-state index < -0.39 is 0 Å². The van der Waals surface area contributed by atoms with Gasteiger partial charge in [-0.25, -0.2) is 0 Å². The SMILES string of the molecule is Cc1cccc(CC(=O)NC[C@H](c2ccsc2)N2CCOCC2)c1. The molecule has 1 amide bonds. The smallest absolute Gasteiger partial charge is 0.224 e. The molecule has 1 aromatic heterocycles. The molecule has 0 bridgehead atoms. The maximum atomic E-state index is 12.3. The van der Waals surface area contributed by atoms with E-state index in [0.29, 0.717) is 13.0 Å². The van der Waals surface area contributed by atoms with Crippen LogP contribution in [0.5, 0.6) is 0 Å². The Morgan fingerprint density at radius 1 is 1.33 bits per heavy atom. The van der Waals surface area contributed by atoms with Crippen LogP contribution < -0.4 is 5.32 Å². The number of amides is 1. The molecule has 1 N–H and O–H groups in total. The lowest BCUT2D eigenvalue weighted by molar-refractivity contribution is -0.120. The fraction of sp³-hybridized carbons (Fsp3) is 0.421. The number of benzene rings is 1. The molecule has 2 aromatic rings. The highest BCUT2D eigenvalue weighted by atomic mass is 32.1. The van der Waals surface area contributed by atoms with Crippen molar-refractivity contribution >= 4 is 17.2 Å². The highest BCUT2D eigenvalue weighted by molar-refractivity contribution is 7.07. The van der Waals surface area contributed by atoms with Crippen LogP contribution in [-0.2, 0) is 16.0 Å². The van der Waals surface area contributed by atoms with Crippen molar-refractivity contribution in [2.45, 2.75) is 19.4 Å². The molecule has 1 aromatic carbocycles. The van der Waals surface area contributed by atoms with Gasteiger partial charge in [-0.15, -0.1) is 0 Å². The topological polar surface area (TPSA) is 41.6 Å². The summed E-state index contributed by atoms with van der Waals surface area (Å²) in [6, 6.07) is 10.5. The zero-order valence-electron chi connectivity index (χ0n) is 14.0. The van der Waals surface area contributed by atoms with Crippen LogP contribution in [0, 0.1) is 6.92 Å². The van der Waals surface area contributed by atoms with Crippen LogP contribution >= 0.6 is 11.3 Å². The minimum Gasteiger partial charge on any atom is -0.379 e. The van der Waals surface area contributed by atoms with Gasteiger partial charge < -0.3 is 10.1 Å².